The number of aryl methyl sites for hydroxylation is 2. The number of rotatable bonds is 4. The van der Waals surface area contributed by atoms with Crippen molar-refractivity contribution in [3.05, 3.63) is 52.5 Å². The quantitative estimate of drug-likeness (QED) is 0.862. The van der Waals surface area contributed by atoms with Gasteiger partial charge in [-0.2, -0.15) is 0 Å². The van der Waals surface area contributed by atoms with Gasteiger partial charge < -0.3 is 5.32 Å². The van der Waals surface area contributed by atoms with Crippen molar-refractivity contribution < 1.29 is 4.39 Å². The molecule has 0 saturated heterocycles. The van der Waals surface area contributed by atoms with Gasteiger partial charge in [0.25, 0.3) is 0 Å². The van der Waals surface area contributed by atoms with Crippen LogP contribution in [0.2, 0.25) is 0 Å². The predicted molar refractivity (Wildman–Crippen MR) is 79.4 cm³/mol. The van der Waals surface area contributed by atoms with E-state index in [9.17, 15) is 4.39 Å². The van der Waals surface area contributed by atoms with Gasteiger partial charge in [-0.05, 0) is 47.5 Å². The summed E-state index contributed by atoms with van der Waals surface area (Å²) in [5, 5.41) is 3.14. The molecule has 3 nitrogen and oxygen atoms in total. The molecular formula is C14H15BrFN3. The molecule has 0 aliphatic rings. The van der Waals surface area contributed by atoms with Crippen molar-refractivity contribution in [2.45, 2.75) is 13.8 Å². The van der Waals surface area contributed by atoms with Crippen molar-refractivity contribution in [3.63, 3.8) is 0 Å². The first-order valence-corrected chi connectivity index (χ1v) is 6.69. The van der Waals surface area contributed by atoms with E-state index < -0.39 is 0 Å². The highest BCUT2D eigenvalue weighted by molar-refractivity contribution is 9.10. The van der Waals surface area contributed by atoms with E-state index in [1.165, 1.54) is 6.07 Å². The topological polar surface area (TPSA) is 29.9 Å². The van der Waals surface area contributed by atoms with Gasteiger partial charge in [0.15, 0.2) is 0 Å². The Morgan fingerprint density at radius 3 is 2.89 bits per heavy atom. The molecule has 1 heterocycles. The average Bonchev–Trinajstić information content (AvgIpc) is 2.72. The fraction of sp³-hybridized carbons (Fsp3) is 0.214. The maximum absolute atomic E-state index is 13.7. The minimum absolute atomic E-state index is 0.290. The average molecular weight is 324 g/mol. The summed E-state index contributed by atoms with van der Waals surface area (Å²) in [6.07, 6.45) is 3.63. The molecule has 2 aromatic rings. The zero-order valence-electron chi connectivity index (χ0n) is 10.9. The maximum atomic E-state index is 13.7. The van der Waals surface area contributed by atoms with E-state index in [1.807, 2.05) is 24.6 Å². The largest absolute Gasteiger partial charge is 0.352 e. The van der Waals surface area contributed by atoms with Crippen molar-refractivity contribution in [2.75, 3.05) is 11.9 Å². The minimum atomic E-state index is -0.290. The van der Waals surface area contributed by atoms with Crippen molar-refractivity contribution in [1.29, 1.82) is 0 Å². The van der Waals surface area contributed by atoms with Gasteiger partial charge in [-0.15, -0.1) is 6.58 Å². The molecule has 0 spiro atoms. The molecule has 0 aliphatic carbocycles. The number of hydrogen-bond acceptors (Lipinski definition) is 2. The van der Waals surface area contributed by atoms with Gasteiger partial charge in [0.1, 0.15) is 5.82 Å². The Labute approximate surface area is 120 Å². The lowest BCUT2D eigenvalue weighted by molar-refractivity contribution is 0.619. The van der Waals surface area contributed by atoms with E-state index in [1.54, 1.807) is 12.1 Å². The third-order valence-corrected chi connectivity index (χ3v) is 3.34. The Bertz CT molecular complexity index is 619. The summed E-state index contributed by atoms with van der Waals surface area (Å²) in [5.74, 6) is 0.392. The van der Waals surface area contributed by atoms with Gasteiger partial charge in [-0.25, -0.2) is 9.37 Å². The molecule has 100 valence electrons. The molecule has 0 radical (unpaired) electrons. The lowest BCUT2D eigenvalue weighted by Crippen LogP contribution is -2.07. The Morgan fingerprint density at radius 2 is 2.21 bits per heavy atom. The fourth-order valence-electron chi connectivity index (χ4n) is 1.86. The van der Waals surface area contributed by atoms with Crippen LogP contribution in [-0.2, 0) is 0 Å². The van der Waals surface area contributed by atoms with Crippen LogP contribution in [0.25, 0.3) is 5.69 Å². The molecule has 5 heteroatoms. The molecule has 1 aromatic heterocycles. The number of nitrogens with zero attached hydrogens (tertiary/aromatic N) is 2. The molecule has 0 amide bonds. The maximum Gasteiger partial charge on any atom is 0.208 e. The normalized spacial score (nSPS) is 10.5. The number of aromatic nitrogens is 2. The van der Waals surface area contributed by atoms with E-state index in [0.717, 1.165) is 16.9 Å². The van der Waals surface area contributed by atoms with Crippen LogP contribution in [0, 0.1) is 19.7 Å². The number of nitrogens with one attached hydrogen (secondary N) is 1. The highest BCUT2D eigenvalue weighted by atomic mass is 79.9. The third-order valence-electron chi connectivity index (χ3n) is 2.73. The Balaban J connectivity index is 2.52. The van der Waals surface area contributed by atoms with Crippen LogP contribution in [-0.4, -0.2) is 16.1 Å². The van der Waals surface area contributed by atoms with Crippen LogP contribution >= 0.6 is 15.9 Å². The summed E-state index contributed by atoms with van der Waals surface area (Å²) in [6, 6.07) is 3.26. The highest BCUT2D eigenvalue weighted by Crippen LogP contribution is 2.25. The van der Waals surface area contributed by atoms with Crippen LogP contribution in [0.5, 0.6) is 0 Å². The Morgan fingerprint density at radius 1 is 1.47 bits per heavy atom. The van der Waals surface area contributed by atoms with E-state index in [4.69, 9.17) is 0 Å². The first-order valence-electron chi connectivity index (χ1n) is 5.89. The Hall–Kier alpha value is -1.62. The second-order valence-electron chi connectivity index (χ2n) is 4.30. The third kappa shape index (κ3) is 2.87. The fourth-order valence-corrected chi connectivity index (χ4v) is 2.32. The molecule has 1 aromatic carbocycles. The van der Waals surface area contributed by atoms with Gasteiger partial charge >= 0.3 is 0 Å². The van der Waals surface area contributed by atoms with Crippen molar-refractivity contribution in [3.8, 4) is 5.69 Å². The minimum Gasteiger partial charge on any atom is -0.352 e. The van der Waals surface area contributed by atoms with Crippen LogP contribution in [0.4, 0.5) is 10.3 Å². The smallest absolute Gasteiger partial charge is 0.208 e. The Kier molecular flexibility index (Phi) is 4.04. The molecule has 0 saturated carbocycles. The molecule has 1 N–H and O–H groups in total. The lowest BCUT2D eigenvalue weighted by atomic mass is 10.2. The van der Waals surface area contributed by atoms with Crippen LogP contribution in [0.1, 0.15) is 11.3 Å². The summed E-state index contributed by atoms with van der Waals surface area (Å²) in [7, 11) is 0. The molecule has 2 rings (SSSR count). The summed E-state index contributed by atoms with van der Waals surface area (Å²) in [6.45, 7) is 8.11. The molecule has 19 heavy (non-hydrogen) atoms. The summed E-state index contributed by atoms with van der Waals surface area (Å²) in [4.78, 5) is 4.39. The monoisotopic (exact) mass is 323 g/mol. The molecule has 0 atom stereocenters. The van der Waals surface area contributed by atoms with Crippen molar-refractivity contribution >= 4 is 21.9 Å². The van der Waals surface area contributed by atoms with Crippen molar-refractivity contribution in [2.24, 2.45) is 0 Å². The predicted octanol–water partition coefficient (Wildman–Crippen LogP) is 3.99. The number of imidazole rings is 1. The number of hydrogen-bond donors (Lipinski definition) is 1. The summed E-state index contributed by atoms with van der Waals surface area (Å²) < 4.78 is 16.0. The number of halogens is 2. The molecular weight excluding hydrogens is 309 g/mol. The van der Waals surface area contributed by atoms with Crippen LogP contribution in [0.3, 0.4) is 0 Å². The van der Waals surface area contributed by atoms with Crippen molar-refractivity contribution in [1.82, 2.24) is 9.55 Å². The van der Waals surface area contributed by atoms with E-state index in [0.29, 0.717) is 17.0 Å². The van der Waals surface area contributed by atoms with Gasteiger partial charge in [0.2, 0.25) is 5.95 Å². The van der Waals surface area contributed by atoms with E-state index in [2.05, 4.69) is 32.8 Å². The van der Waals surface area contributed by atoms with E-state index >= 15 is 0 Å². The molecule has 0 unspecified atom stereocenters. The van der Waals surface area contributed by atoms with Gasteiger partial charge in [-0.3, -0.25) is 4.57 Å². The SMILES string of the molecule is C=CCNc1nc(C)cn1-c1cc(F)c(Br)cc1C. The zero-order valence-corrected chi connectivity index (χ0v) is 12.5. The first-order chi connectivity index (χ1) is 9.02. The van der Waals surface area contributed by atoms with E-state index in [-0.39, 0.29) is 5.82 Å². The lowest BCUT2D eigenvalue weighted by Gasteiger charge is -2.12. The molecule has 0 fully saturated rings. The molecule has 0 bridgehead atoms. The number of benzene rings is 1. The standard InChI is InChI=1S/C14H15BrFN3/c1-4-5-17-14-18-10(3)8-19(14)13-7-12(16)11(15)6-9(13)2/h4,6-8H,1,5H2,2-3H3,(H,17,18). The zero-order chi connectivity index (χ0) is 14.0. The molecule has 0 aliphatic heterocycles. The van der Waals surface area contributed by atoms with Crippen LogP contribution in [0.15, 0.2) is 35.5 Å². The summed E-state index contributed by atoms with van der Waals surface area (Å²) in [5.41, 5.74) is 2.61. The van der Waals surface area contributed by atoms with Gasteiger partial charge in [0.05, 0.1) is 15.9 Å². The second-order valence-corrected chi connectivity index (χ2v) is 5.15. The van der Waals surface area contributed by atoms with Gasteiger partial charge in [-0.1, -0.05) is 6.08 Å². The van der Waals surface area contributed by atoms with Gasteiger partial charge in [0, 0.05) is 12.7 Å². The summed E-state index contributed by atoms with van der Waals surface area (Å²) >= 11 is 3.19. The highest BCUT2D eigenvalue weighted by Gasteiger charge is 2.11. The van der Waals surface area contributed by atoms with Crippen LogP contribution < -0.4 is 5.32 Å². The number of anilines is 1. The second kappa shape index (κ2) is 5.57. The first kappa shape index (κ1) is 13.8.